The van der Waals surface area contributed by atoms with Gasteiger partial charge in [0.25, 0.3) is 0 Å². The van der Waals surface area contributed by atoms with Gasteiger partial charge in [-0.15, -0.1) is 0 Å². The lowest BCUT2D eigenvalue weighted by Gasteiger charge is -2.24. The quantitative estimate of drug-likeness (QED) is 0.663. The zero-order valence-electron chi connectivity index (χ0n) is 12.2. The highest BCUT2D eigenvalue weighted by molar-refractivity contribution is 5.91. The average Bonchev–Trinajstić information content (AvgIpc) is 3.12. The number of carbonyl (C=O) groups excluding carboxylic acids is 3. The molecule has 2 aliphatic rings. The molecule has 2 amide bonds. The smallest absolute Gasteiger partial charge is 0.330 e. The van der Waals surface area contributed by atoms with E-state index < -0.39 is 24.5 Å². The van der Waals surface area contributed by atoms with Crippen molar-refractivity contribution in [2.45, 2.75) is 44.2 Å². The van der Waals surface area contributed by atoms with Crippen LogP contribution in [0.15, 0.2) is 0 Å². The lowest BCUT2D eigenvalue weighted by Crippen LogP contribution is -2.47. The molecule has 0 aromatic heterocycles. The molecule has 0 radical (unpaired) electrons. The molecule has 2 N–H and O–H groups in total. The van der Waals surface area contributed by atoms with Gasteiger partial charge in [-0.2, -0.15) is 0 Å². The highest BCUT2D eigenvalue weighted by Crippen LogP contribution is 2.29. The van der Waals surface area contributed by atoms with Crippen LogP contribution in [0.2, 0.25) is 0 Å². The zero-order chi connectivity index (χ0) is 15.4. The second kappa shape index (κ2) is 6.89. The number of aliphatic hydroxyl groups is 1. The van der Waals surface area contributed by atoms with Crippen LogP contribution in [0.5, 0.6) is 0 Å². The monoisotopic (exact) mass is 298 g/mol. The fourth-order valence-electron chi connectivity index (χ4n) is 3.09. The maximum atomic E-state index is 12.1. The largest absolute Gasteiger partial charge is 0.467 e. The van der Waals surface area contributed by atoms with Gasteiger partial charge in [-0.25, -0.2) is 4.79 Å². The molecular weight excluding hydrogens is 276 g/mol. The molecule has 2 atom stereocenters. The predicted octanol–water partition coefficient (Wildman–Crippen LogP) is -0.572. The number of hydrogen-bond donors (Lipinski definition) is 2. The van der Waals surface area contributed by atoms with E-state index in [0.717, 1.165) is 25.7 Å². The number of amides is 2. The Morgan fingerprint density at radius 2 is 2.10 bits per heavy atom. The summed E-state index contributed by atoms with van der Waals surface area (Å²) < 4.78 is 4.50. The lowest BCUT2D eigenvalue weighted by molar-refractivity contribution is -0.146. The molecule has 2 rings (SSSR count). The molecule has 0 spiro atoms. The minimum Gasteiger partial charge on any atom is -0.467 e. The summed E-state index contributed by atoms with van der Waals surface area (Å²) in [7, 11) is 1.19. The van der Waals surface area contributed by atoms with Crippen molar-refractivity contribution in [1.29, 1.82) is 0 Å². The van der Waals surface area contributed by atoms with Crippen LogP contribution in [0, 0.1) is 5.92 Å². The topological polar surface area (TPSA) is 95.9 Å². The Hall–Kier alpha value is -1.63. The third-order valence-corrected chi connectivity index (χ3v) is 4.28. The van der Waals surface area contributed by atoms with E-state index >= 15 is 0 Å². The Morgan fingerprint density at radius 1 is 1.43 bits per heavy atom. The van der Waals surface area contributed by atoms with Crippen molar-refractivity contribution in [3.63, 3.8) is 0 Å². The zero-order valence-corrected chi connectivity index (χ0v) is 12.2. The van der Waals surface area contributed by atoms with Crippen LogP contribution in [0.25, 0.3) is 0 Å². The molecule has 21 heavy (non-hydrogen) atoms. The molecule has 118 valence electrons. The van der Waals surface area contributed by atoms with Crippen molar-refractivity contribution in [2.24, 2.45) is 5.92 Å². The normalized spacial score (nSPS) is 24.2. The first kappa shape index (κ1) is 15.8. The molecule has 7 nitrogen and oxygen atoms in total. The number of hydrogen-bond acceptors (Lipinski definition) is 5. The standard InChI is InChI=1S/C14H22N2O5/c1-21-14(20)11(8-17)15-13(19)9-6-12(18)16(7-9)10-4-2-3-5-10/h9-11,17H,2-8H2,1H3,(H,15,19). The Bertz CT molecular complexity index is 420. The Balaban J connectivity index is 1.91. The van der Waals surface area contributed by atoms with Crippen LogP contribution >= 0.6 is 0 Å². The van der Waals surface area contributed by atoms with Gasteiger partial charge in [0.2, 0.25) is 11.8 Å². The number of methoxy groups -OCH3 is 1. The first-order chi connectivity index (χ1) is 10.1. The van der Waals surface area contributed by atoms with E-state index in [4.69, 9.17) is 5.11 Å². The van der Waals surface area contributed by atoms with Crippen molar-refractivity contribution in [1.82, 2.24) is 10.2 Å². The summed E-state index contributed by atoms with van der Waals surface area (Å²) >= 11 is 0. The van der Waals surface area contributed by atoms with Gasteiger partial charge in [-0.1, -0.05) is 12.8 Å². The number of esters is 1. The SMILES string of the molecule is COC(=O)C(CO)NC(=O)C1CC(=O)N(C2CCCC2)C1. The molecule has 1 saturated carbocycles. The van der Waals surface area contributed by atoms with Crippen LogP contribution in [0.4, 0.5) is 0 Å². The maximum Gasteiger partial charge on any atom is 0.330 e. The summed E-state index contributed by atoms with van der Waals surface area (Å²) in [5, 5.41) is 11.6. The van der Waals surface area contributed by atoms with Crippen LogP contribution in [0.1, 0.15) is 32.1 Å². The van der Waals surface area contributed by atoms with Crippen LogP contribution in [-0.2, 0) is 19.1 Å². The van der Waals surface area contributed by atoms with E-state index in [1.165, 1.54) is 7.11 Å². The van der Waals surface area contributed by atoms with Gasteiger partial charge in [0.05, 0.1) is 19.6 Å². The number of nitrogens with one attached hydrogen (secondary N) is 1. The lowest BCUT2D eigenvalue weighted by atomic mass is 10.1. The average molecular weight is 298 g/mol. The number of likely N-dealkylation sites (tertiary alicyclic amines) is 1. The molecule has 1 heterocycles. The van der Waals surface area contributed by atoms with Gasteiger partial charge < -0.3 is 20.1 Å². The van der Waals surface area contributed by atoms with Crippen molar-refractivity contribution in [3.8, 4) is 0 Å². The summed E-state index contributed by atoms with van der Waals surface area (Å²) in [4.78, 5) is 37.3. The van der Waals surface area contributed by atoms with E-state index in [2.05, 4.69) is 10.1 Å². The molecular formula is C14H22N2O5. The minimum atomic E-state index is -1.07. The highest BCUT2D eigenvalue weighted by atomic mass is 16.5. The summed E-state index contributed by atoms with van der Waals surface area (Å²) in [6.45, 7) is -0.125. The molecule has 1 aliphatic heterocycles. The van der Waals surface area contributed by atoms with Gasteiger partial charge in [0, 0.05) is 19.0 Å². The molecule has 0 aromatic rings. The first-order valence-electron chi connectivity index (χ1n) is 7.35. The predicted molar refractivity (Wildman–Crippen MR) is 73.1 cm³/mol. The third-order valence-electron chi connectivity index (χ3n) is 4.28. The van der Waals surface area contributed by atoms with E-state index in [1.807, 2.05) is 0 Å². The summed E-state index contributed by atoms with van der Waals surface area (Å²) in [5.41, 5.74) is 0. The minimum absolute atomic E-state index is 0.000617. The first-order valence-corrected chi connectivity index (χ1v) is 7.35. The van der Waals surface area contributed by atoms with Crippen molar-refractivity contribution in [3.05, 3.63) is 0 Å². The molecule has 2 unspecified atom stereocenters. The number of nitrogens with zero attached hydrogens (tertiary/aromatic N) is 1. The van der Waals surface area contributed by atoms with Gasteiger partial charge in [-0.3, -0.25) is 9.59 Å². The van der Waals surface area contributed by atoms with Gasteiger partial charge in [-0.05, 0) is 12.8 Å². The summed E-state index contributed by atoms with van der Waals surface area (Å²) in [5.74, 6) is -1.53. The van der Waals surface area contributed by atoms with Crippen LogP contribution in [0.3, 0.4) is 0 Å². The number of ether oxygens (including phenoxy) is 1. The van der Waals surface area contributed by atoms with E-state index in [1.54, 1.807) is 4.90 Å². The Morgan fingerprint density at radius 3 is 2.67 bits per heavy atom. The molecule has 0 aromatic carbocycles. The summed E-state index contributed by atoms with van der Waals surface area (Å²) in [6, 6.07) is -0.817. The maximum absolute atomic E-state index is 12.1. The molecule has 1 aliphatic carbocycles. The summed E-state index contributed by atoms with van der Waals surface area (Å²) in [6.07, 6.45) is 4.42. The van der Waals surface area contributed by atoms with Gasteiger partial charge >= 0.3 is 5.97 Å². The molecule has 1 saturated heterocycles. The number of aliphatic hydroxyl groups excluding tert-OH is 1. The Kier molecular flexibility index (Phi) is 5.17. The van der Waals surface area contributed by atoms with Crippen LogP contribution < -0.4 is 5.32 Å². The number of rotatable bonds is 5. The fraction of sp³-hybridized carbons (Fsp3) is 0.786. The van der Waals surface area contributed by atoms with Crippen LogP contribution in [-0.4, -0.2) is 60.1 Å². The van der Waals surface area contributed by atoms with Crippen molar-refractivity contribution < 1.29 is 24.2 Å². The molecule has 0 bridgehead atoms. The molecule has 2 fully saturated rings. The number of carbonyl (C=O) groups is 3. The van der Waals surface area contributed by atoms with Gasteiger partial charge in [0.15, 0.2) is 6.04 Å². The second-order valence-corrected chi connectivity index (χ2v) is 5.65. The molecule has 7 heteroatoms. The van der Waals surface area contributed by atoms with Crippen molar-refractivity contribution in [2.75, 3.05) is 20.3 Å². The van der Waals surface area contributed by atoms with E-state index in [-0.39, 0.29) is 24.3 Å². The van der Waals surface area contributed by atoms with Crippen molar-refractivity contribution >= 4 is 17.8 Å². The highest BCUT2D eigenvalue weighted by Gasteiger charge is 2.39. The second-order valence-electron chi connectivity index (χ2n) is 5.65. The van der Waals surface area contributed by atoms with E-state index in [0.29, 0.717) is 6.54 Å². The Labute approximate surface area is 123 Å². The van der Waals surface area contributed by atoms with E-state index in [9.17, 15) is 14.4 Å². The third kappa shape index (κ3) is 3.53. The fourth-order valence-corrected chi connectivity index (χ4v) is 3.09. The van der Waals surface area contributed by atoms with Gasteiger partial charge in [0.1, 0.15) is 0 Å².